The average Bonchev–Trinajstić information content (AvgIpc) is 2.82. The van der Waals surface area contributed by atoms with Crippen molar-refractivity contribution in [3.05, 3.63) is 29.3 Å². The van der Waals surface area contributed by atoms with Crippen LogP contribution in [0.15, 0.2) is 18.2 Å². The molecule has 13 heteroatoms. The Morgan fingerprint density at radius 3 is 2.06 bits per heavy atom. The van der Waals surface area contributed by atoms with Gasteiger partial charge in [-0.3, -0.25) is 14.4 Å². The number of ether oxygens (including phenoxy) is 1. The van der Waals surface area contributed by atoms with Crippen molar-refractivity contribution in [2.75, 3.05) is 41.6 Å². The van der Waals surface area contributed by atoms with Crippen LogP contribution in [0.5, 0.6) is 5.75 Å². The van der Waals surface area contributed by atoms with E-state index in [0.717, 1.165) is 28.4 Å². The Morgan fingerprint density at radius 2 is 1.64 bits per heavy atom. The lowest BCUT2D eigenvalue weighted by Gasteiger charge is -2.54. The molecule has 1 aromatic rings. The van der Waals surface area contributed by atoms with Gasteiger partial charge < -0.3 is 33.0 Å². The van der Waals surface area contributed by atoms with E-state index in [4.69, 9.17) is 22.8 Å². The van der Waals surface area contributed by atoms with Crippen molar-refractivity contribution in [3.63, 3.8) is 0 Å². The highest BCUT2D eigenvalue weighted by Crippen LogP contribution is 2.81. The second-order valence-electron chi connectivity index (χ2n) is 7.46. The zero-order valence-electron chi connectivity index (χ0n) is 19.7. The summed E-state index contributed by atoms with van der Waals surface area (Å²) in [6, 6.07) is 4.37. The predicted octanol–water partition coefficient (Wildman–Crippen LogP) is 3.30. The molecule has 0 radical (unpaired) electrons. The number of phenols is 1. The molecule has 2 atom stereocenters. The van der Waals surface area contributed by atoms with Gasteiger partial charge in [0.1, 0.15) is 11.9 Å². The number of fused-ring (bicyclic) bond motifs is 1. The van der Waals surface area contributed by atoms with Gasteiger partial charge in [-0.1, -0.05) is 19.1 Å². The van der Waals surface area contributed by atoms with Gasteiger partial charge in [-0.15, -0.1) is 0 Å². The molecule has 0 aromatic heterocycles. The van der Waals surface area contributed by atoms with Gasteiger partial charge in [0.25, 0.3) is 0 Å². The summed E-state index contributed by atoms with van der Waals surface area (Å²) in [5.74, 6) is -1.68. The zero-order valence-corrected chi connectivity index (χ0v) is 21.5. The highest BCUT2D eigenvalue weighted by Gasteiger charge is 2.77. The first-order chi connectivity index (χ1) is 15.6. The van der Waals surface area contributed by atoms with Crippen LogP contribution in [0.1, 0.15) is 31.4 Å². The molecular weight excluding hydrogens is 476 g/mol. The molecule has 0 heterocycles. The normalized spacial score (nSPS) is 22.7. The average molecular weight is 509 g/mol. The fraction of sp³-hybridized carbons (Fsp3) is 0.650. The summed E-state index contributed by atoms with van der Waals surface area (Å²) in [4.78, 5) is 10.8. The Kier molecular flexibility index (Phi) is 8.93. The summed E-state index contributed by atoms with van der Waals surface area (Å²) >= 11 is 0. The quantitative estimate of drug-likeness (QED) is 0.356. The fourth-order valence-electron chi connectivity index (χ4n) is 4.62. The second-order valence-corrected chi connectivity index (χ2v) is 12.9. The molecule has 1 aromatic carbocycles. The van der Waals surface area contributed by atoms with E-state index < -0.39 is 44.1 Å². The Morgan fingerprint density at radius 1 is 1.09 bits per heavy atom. The molecule has 33 heavy (non-hydrogen) atoms. The third-order valence-electron chi connectivity index (χ3n) is 6.06. The molecule has 0 spiro atoms. The maximum Gasteiger partial charge on any atom is 0.351 e. The van der Waals surface area contributed by atoms with Crippen LogP contribution in [-0.4, -0.2) is 68.8 Å². The molecule has 0 saturated heterocycles. The van der Waals surface area contributed by atoms with Gasteiger partial charge in [0, 0.05) is 47.0 Å². The van der Waals surface area contributed by atoms with Crippen LogP contribution in [-0.2, 0) is 48.7 Å². The molecule has 11 nitrogen and oxygen atoms in total. The maximum absolute atomic E-state index is 14.2. The standard InChI is InChI=1S/C20H33NO10P2/c1-7-12-21-20(18(23)24)15-10-9-11-16(22)14(15)13-19(17(20)31-8-2,32(25,27-3)28-4)33(26,29-5)30-6/h9-11,17,21-22H,7-8,12-13H2,1-6H3,(H,23,24). The number of carbonyl (C=O) groups is 1. The van der Waals surface area contributed by atoms with Crippen LogP contribution in [0, 0.1) is 0 Å². The molecule has 0 bridgehead atoms. The fourth-order valence-corrected chi connectivity index (χ4v) is 10.2. The molecular formula is C20H33NO10P2. The van der Waals surface area contributed by atoms with Gasteiger partial charge in [-0.25, -0.2) is 4.79 Å². The number of benzene rings is 1. The van der Waals surface area contributed by atoms with Crippen molar-refractivity contribution in [1.82, 2.24) is 5.32 Å². The van der Waals surface area contributed by atoms with Crippen LogP contribution in [0.3, 0.4) is 0 Å². The number of rotatable bonds is 12. The molecule has 1 aliphatic carbocycles. The summed E-state index contributed by atoms with van der Waals surface area (Å²) < 4.78 is 55.7. The van der Waals surface area contributed by atoms with E-state index in [0.29, 0.717) is 6.42 Å². The van der Waals surface area contributed by atoms with Crippen molar-refractivity contribution in [2.24, 2.45) is 0 Å². The summed E-state index contributed by atoms with van der Waals surface area (Å²) in [5, 5.41) is 24.4. The van der Waals surface area contributed by atoms with E-state index >= 15 is 0 Å². The predicted molar refractivity (Wildman–Crippen MR) is 121 cm³/mol. The van der Waals surface area contributed by atoms with Gasteiger partial charge in [-0.05, 0) is 31.5 Å². The summed E-state index contributed by atoms with van der Waals surface area (Å²) in [6.45, 7) is 3.62. The largest absolute Gasteiger partial charge is 0.508 e. The molecule has 2 rings (SSSR count). The van der Waals surface area contributed by atoms with Gasteiger partial charge in [0.2, 0.25) is 4.90 Å². The number of nitrogens with one attached hydrogen (secondary N) is 1. The lowest BCUT2D eigenvalue weighted by atomic mass is 9.73. The highest BCUT2D eigenvalue weighted by atomic mass is 31.2. The van der Waals surface area contributed by atoms with E-state index in [9.17, 15) is 24.1 Å². The van der Waals surface area contributed by atoms with Crippen LogP contribution in [0.25, 0.3) is 0 Å². The van der Waals surface area contributed by atoms with E-state index in [2.05, 4.69) is 5.32 Å². The molecule has 2 unspecified atom stereocenters. The molecule has 0 saturated carbocycles. The van der Waals surface area contributed by atoms with E-state index in [1.165, 1.54) is 18.2 Å². The molecule has 3 N–H and O–H groups in total. The van der Waals surface area contributed by atoms with E-state index in [1.807, 2.05) is 6.92 Å². The molecule has 0 fully saturated rings. The Labute approximate surface area is 193 Å². The Balaban J connectivity index is 3.20. The van der Waals surface area contributed by atoms with Crippen molar-refractivity contribution in [1.29, 1.82) is 0 Å². The topological polar surface area (TPSA) is 150 Å². The number of aliphatic carboxylic acids is 1. The first-order valence-electron chi connectivity index (χ1n) is 10.4. The Bertz CT molecular complexity index is 913. The minimum Gasteiger partial charge on any atom is -0.508 e. The Hall–Kier alpha value is -1.29. The van der Waals surface area contributed by atoms with Crippen LogP contribution in [0.2, 0.25) is 0 Å². The number of aromatic hydroxyl groups is 1. The minimum atomic E-state index is -4.51. The summed E-state index contributed by atoms with van der Waals surface area (Å²) in [6.07, 6.45) is -1.52. The highest BCUT2D eigenvalue weighted by molar-refractivity contribution is 7.74. The van der Waals surface area contributed by atoms with Gasteiger partial charge in [0.15, 0.2) is 5.54 Å². The third-order valence-corrected chi connectivity index (χ3v) is 12.1. The summed E-state index contributed by atoms with van der Waals surface area (Å²) in [5.41, 5.74) is -1.85. The molecule has 1 aliphatic rings. The van der Waals surface area contributed by atoms with Crippen molar-refractivity contribution >= 4 is 21.2 Å². The van der Waals surface area contributed by atoms with Gasteiger partial charge in [0.05, 0.1) is 0 Å². The number of hydrogen-bond donors (Lipinski definition) is 3. The first-order valence-corrected chi connectivity index (χ1v) is 13.5. The van der Waals surface area contributed by atoms with Crippen molar-refractivity contribution in [2.45, 2.75) is 43.2 Å². The number of phenolic OH excluding ortho intramolecular Hbond substituents is 1. The minimum absolute atomic E-state index is 0.0374. The lowest BCUT2D eigenvalue weighted by molar-refractivity contribution is -0.156. The van der Waals surface area contributed by atoms with Gasteiger partial charge >= 0.3 is 21.2 Å². The lowest BCUT2D eigenvalue weighted by Crippen LogP contribution is -2.69. The molecule has 188 valence electrons. The molecule has 0 aliphatic heterocycles. The monoisotopic (exact) mass is 509 g/mol. The van der Waals surface area contributed by atoms with Crippen LogP contribution < -0.4 is 5.32 Å². The van der Waals surface area contributed by atoms with Crippen molar-refractivity contribution < 1.29 is 47.0 Å². The maximum atomic E-state index is 14.2. The van der Waals surface area contributed by atoms with E-state index in [1.54, 1.807) is 6.92 Å². The SMILES string of the molecule is CCCNC1(C(=O)O)c2cccc(O)c2CC(P(=O)(OC)OC)(P(=O)(OC)OC)C1OCC. The third kappa shape index (κ3) is 3.98. The van der Waals surface area contributed by atoms with Gasteiger partial charge in [-0.2, -0.15) is 0 Å². The smallest absolute Gasteiger partial charge is 0.351 e. The second kappa shape index (κ2) is 10.5. The number of hydrogen-bond acceptors (Lipinski definition) is 10. The van der Waals surface area contributed by atoms with Crippen molar-refractivity contribution in [3.8, 4) is 5.75 Å². The first kappa shape index (κ1) is 28.0. The number of carboxylic acid groups (broad SMARTS) is 1. The molecule has 0 amide bonds. The number of carboxylic acids is 1. The van der Waals surface area contributed by atoms with E-state index in [-0.39, 0.29) is 30.0 Å². The zero-order chi connectivity index (χ0) is 25.1. The van der Waals surface area contributed by atoms with Crippen LogP contribution >= 0.6 is 15.2 Å². The van der Waals surface area contributed by atoms with Crippen LogP contribution in [0.4, 0.5) is 0 Å². The summed E-state index contributed by atoms with van der Waals surface area (Å²) in [7, 11) is -4.65.